The van der Waals surface area contributed by atoms with Gasteiger partial charge in [0.1, 0.15) is 16.6 Å². The van der Waals surface area contributed by atoms with Gasteiger partial charge in [0.05, 0.1) is 18.1 Å². The molecule has 4 rings (SSSR count). The number of fused-ring (bicyclic) bond motifs is 3. The average Bonchev–Trinajstić information content (AvgIpc) is 2.77. The molecule has 0 bridgehead atoms. The average molecular weight is 475 g/mol. The van der Waals surface area contributed by atoms with E-state index in [2.05, 4.69) is 0 Å². The number of halogens is 2. The van der Waals surface area contributed by atoms with Crippen LogP contribution in [0, 0.1) is 18.8 Å². The summed E-state index contributed by atoms with van der Waals surface area (Å²) in [4.78, 5) is 0.492. The molecule has 1 aromatic rings. The molecule has 3 unspecified atom stereocenters. The number of allylic oxidation sites excluding steroid dienone is 3. The van der Waals surface area contributed by atoms with Gasteiger partial charge in [-0.3, -0.25) is 4.21 Å². The highest BCUT2D eigenvalue weighted by Crippen LogP contribution is 2.69. The second kappa shape index (κ2) is 11.1. The first kappa shape index (κ1) is 24.4. The highest BCUT2D eigenvalue weighted by molar-refractivity contribution is 8.28. The highest BCUT2D eigenvalue weighted by atomic mass is 32.3. The first-order chi connectivity index (χ1) is 14.8. The van der Waals surface area contributed by atoms with Gasteiger partial charge in [0.25, 0.3) is 0 Å². The van der Waals surface area contributed by atoms with Gasteiger partial charge >= 0.3 is 0 Å². The summed E-state index contributed by atoms with van der Waals surface area (Å²) in [6.07, 6.45) is 6.17. The van der Waals surface area contributed by atoms with Gasteiger partial charge in [-0.2, -0.15) is 0 Å². The molecule has 2 heterocycles. The first-order valence-corrected chi connectivity index (χ1v) is 13.8. The standard InChI is InChI=1S/C19H22F2O2S.C4H10O2S/c1-13-5-7-15(8-6-13)24(20,21)18-4-2-3-17-19(18)16-9-10-22-11-14(16)12-23-17;1-7(6)4-2-3-5/h3,5-8,14,16H,2,4,9-12H2,1H3;5H,2-4H2,1H3. The lowest BCUT2D eigenvalue weighted by molar-refractivity contribution is -0.0214. The summed E-state index contributed by atoms with van der Waals surface area (Å²) in [5.74, 6) is 1.68. The molecule has 4 nitrogen and oxygen atoms in total. The van der Waals surface area contributed by atoms with Crippen molar-refractivity contribution in [1.29, 1.82) is 0 Å². The summed E-state index contributed by atoms with van der Waals surface area (Å²) in [5.41, 5.74) is 1.79. The van der Waals surface area contributed by atoms with Crippen LogP contribution in [0.25, 0.3) is 0 Å². The minimum absolute atomic E-state index is 0.151. The number of hydrogen-bond acceptors (Lipinski definition) is 4. The molecule has 1 N–H and O–H groups in total. The number of rotatable bonds is 5. The fourth-order valence-corrected chi connectivity index (χ4v) is 6.37. The maximum absolute atomic E-state index is 15.4. The van der Waals surface area contributed by atoms with Crippen molar-refractivity contribution in [3.05, 3.63) is 52.1 Å². The van der Waals surface area contributed by atoms with Crippen LogP contribution < -0.4 is 0 Å². The van der Waals surface area contributed by atoms with Crippen LogP contribution in [0.4, 0.5) is 7.77 Å². The van der Waals surface area contributed by atoms with E-state index >= 15 is 7.77 Å². The van der Waals surface area contributed by atoms with Gasteiger partial charge in [-0.1, -0.05) is 17.7 Å². The largest absolute Gasteiger partial charge is 0.493 e. The third-order valence-corrected chi connectivity index (χ3v) is 8.55. The van der Waals surface area contributed by atoms with Crippen molar-refractivity contribution in [2.45, 2.75) is 37.5 Å². The van der Waals surface area contributed by atoms with Crippen LogP contribution in [0.3, 0.4) is 0 Å². The lowest BCUT2D eigenvalue weighted by Crippen LogP contribution is -2.37. The zero-order valence-corrected chi connectivity index (χ0v) is 19.8. The van der Waals surface area contributed by atoms with E-state index in [1.54, 1.807) is 30.5 Å². The molecule has 0 radical (unpaired) electrons. The Balaban J connectivity index is 0.000000339. The van der Waals surface area contributed by atoms with Crippen LogP contribution in [-0.2, 0) is 20.3 Å². The highest BCUT2D eigenvalue weighted by Gasteiger charge is 2.43. The van der Waals surface area contributed by atoms with Gasteiger partial charge in [0, 0.05) is 52.4 Å². The van der Waals surface area contributed by atoms with Crippen molar-refractivity contribution in [2.24, 2.45) is 11.8 Å². The molecule has 3 atom stereocenters. The summed E-state index contributed by atoms with van der Waals surface area (Å²) < 4.78 is 52.4. The normalized spacial score (nSPS) is 24.6. The van der Waals surface area contributed by atoms with E-state index in [-0.39, 0.29) is 23.3 Å². The van der Waals surface area contributed by atoms with E-state index in [0.29, 0.717) is 55.5 Å². The Bertz CT molecular complexity index is 836. The van der Waals surface area contributed by atoms with Crippen LogP contribution in [0.2, 0.25) is 0 Å². The quantitative estimate of drug-likeness (QED) is 0.630. The van der Waals surface area contributed by atoms with E-state index in [1.807, 2.05) is 13.0 Å². The van der Waals surface area contributed by atoms with E-state index in [1.165, 1.54) is 0 Å². The van der Waals surface area contributed by atoms with Crippen molar-refractivity contribution in [3.8, 4) is 0 Å². The second-order valence-electron chi connectivity index (χ2n) is 8.12. The van der Waals surface area contributed by atoms with E-state index < -0.39 is 21.6 Å². The minimum Gasteiger partial charge on any atom is -0.493 e. The Morgan fingerprint density at radius 2 is 1.97 bits per heavy atom. The monoisotopic (exact) mass is 474 g/mol. The molecule has 2 aliphatic heterocycles. The number of hydrogen-bond donors (Lipinski definition) is 1. The zero-order valence-electron chi connectivity index (χ0n) is 18.1. The molecular formula is C23H32F2O4S2. The fraction of sp³-hybridized carbons (Fsp3) is 0.565. The molecule has 0 amide bonds. The Kier molecular flexibility index (Phi) is 8.73. The van der Waals surface area contributed by atoms with E-state index in [4.69, 9.17) is 14.6 Å². The Labute approximate surface area is 188 Å². The summed E-state index contributed by atoms with van der Waals surface area (Å²) in [7, 11) is -4.71. The van der Waals surface area contributed by atoms with Gasteiger partial charge in [0.2, 0.25) is 0 Å². The van der Waals surface area contributed by atoms with Crippen LogP contribution in [0.15, 0.2) is 51.5 Å². The van der Waals surface area contributed by atoms with E-state index in [0.717, 1.165) is 17.6 Å². The van der Waals surface area contributed by atoms with Gasteiger partial charge in [-0.15, -0.1) is 7.77 Å². The summed E-state index contributed by atoms with van der Waals surface area (Å²) in [5, 5.41) is 8.18. The molecule has 31 heavy (non-hydrogen) atoms. The molecule has 2 saturated heterocycles. The summed E-state index contributed by atoms with van der Waals surface area (Å²) in [6.45, 7) is 3.91. The van der Waals surface area contributed by atoms with Crippen molar-refractivity contribution >= 4 is 21.6 Å². The van der Waals surface area contributed by atoms with Crippen molar-refractivity contribution in [1.82, 2.24) is 0 Å². The van der Waals surface area contributed by atoms with Crippen LogP contribution >= 0.6 is 10.8 Å². The maximum Gasteiger partial charge on any atom is 0.119 e. The first-order valence-electron chi connectivity index (χ1n) is 10.7. The van der Waals surface area contributed by atoms with Gasteiger partial charge < -0.3 is 14.6 Å². The smallest absolute Gasteiger partial charge is 0.119 e. The third-order valence-electron chi connectivity index (χ3n) is 5.78. The lowest BCUT2D eigenvalue weighted by Gasteiger charge is -2.42. The second-order valence-corrected chi connectivity index (χ2v) is 11.6. The molecule has 0 spiro atoms. The molecule has 0 aromatic heterocycles. The molecule has 0 saturated carbocycles. The topological polar surface area (TPSA) is 55.8 Å². The number of aliphatic hydroxyl groups excluding tert-OH is 1. The summed E-state index contributed by atoms with van der Waals surface area (Å²) >= 11 is 0. The number of ether oxygens (including phenoxy) is 2. The van der Waals surface area contributed by atoms with Gasteiger partial charge in [-0.25, -0.2) is 0 Å². The molecule has 1 aromatic carbocycles. The molecule has 8 heteroatoms. The van der Waals surface area contributed by atoms with Crippen LogP contribution in [0.1, 0.15) is 31.2 Å². The molecular weight excluding hydrogens is 442 g/mol. The molecule has 174 valence electrons. The van der Waals surface area contributed by atoms with Crippen LogP contribution in [0.5, 0.6) is 0 Å². The number of aryl methyl sites for hydroxylation is 1. The number of aliphatic hydroxyl groups is 1. The predicted octanol–water partition coefficient (Wildman–Crippen LogP) is 5.29. The summed E-state index contributed by atoms with van der Waals surface area (Å²) in [6, 6.07) is 6.72. The van der Waals surface area contributed by atoms with Gasteiger partial charge in [0.15, 0.2) is 0 Å². The Hall–Kier alpha value is -1.22. The van der Waals surface area contributed by atoms with Crippen molar-refractivity contribution in [3.63, 3.8) is 0 Å². The van der Waals surface area contributed by atoms with Crippen molar-refractivity contribution in [2.75, 3.05) is 38.4 Å². The molecule has 3 aliphatic rings. The van der Waals surface area contributed by atoms with E-state index in [9.17, 15) is 4.21 Å². The SMILES string of the molecule is CS(=O)CCCO.Cc1ccc(S(F)(F)C2=C3C(=CCC2)OCC2COCCC32)cc1. The third kappa shape index (κ3) is 5.97. The minimum atomic E-state index is -3.98. The number of benzene rings is 1. The molecule has 2 fully saturated rings. The van der Waals surface area contributed by atoms with Crippen LogP contribution in [-0.4, -0.2) is 47.8 Å². The Morgan fingerprint density at radius 1 is 1.23 bits per heavy atom. The zero-order chi connectivity index (χ0) is 22.4. The fourth-order valence-electron chi connectivity index (χ4n) is 4.17. The lowest BCUT2D eigenvalue weighted by atomic mass is 9.78. The Morgan fingerprint density at radius 3 is 2.61 bits per heavy atom. The molecule has 1 aliphatic carbocycles. The predicted molar refractivity (Wildman–Crippen MR) is 123 cm³/mol. The van der Waals surface area contributed by atoms with Gasteiger partial charge in [-0.05, 0) is 56.7 Å². The maximum atomic E-state index is 15.4. The van der Waals surface area contributed by atoms with Crippen molar-refractivity contribution < 1.29 is 26.6 Å².